The van der Waals surface area contributed by atoms with Crippen LogP contribution in [0.25, 0.3) is 0 Å². The summed E-state index contributed by atoms with van der Waals surface area (Å²) in [7, 11) is 0. The van der Waals surface area contributed by atoms with E-state index in [4.69, 9.17) is 9.47 Å². The van der Waals surface area contributed by atoms with E-state index in [1.54, 1.807) is 4.31 Å². The number of esters is 1. The summed E-state index contributed by atoms with van der Waals surface area (Å²) < 4.78 is 78.0. The van der Waals surface area contributed by atoms with Crippen LogP contribution < -0.4 is 4.74 Å². The minimum absolute atomic E-state index is 0.000682. The number of carbonyl (C=O) groups is 1. The van der Waals surface area contributed by atoms with Gasteiger partial charge in [0.1, 0.15) is 0 Å². The first-order chi connectivity index (χ1) is 12.3. The van der Waals surface area contributed by atoms with Crippen molar-refractivity contribution in [2.45, 2.75) is 26.2 Å². The molecule has 0 N–H and O–H groups in total. The first kappa shape index (κ1) is 20.7. The van der Waals surface area contributed by atoms with Crippen LogP contribution in [0.4, 0.5) is 22.0 Å². The van der Waals surface area contributed by atoms with Crippen molar-refractivity contribution >= 4 is 29.6 Å². The third-order valence-electron chi connectivity index (χ3n) is 3.41. The Morgan fingerprint density at radius 1 is 1.12 bits per heavy atom. The molecule has 1 aromatic rings. The van der Waals surface area contributed by atoms with E-state index in [-0.39, 0.29) is 25.2 Å². The van der Waals surface area contributed by atoms with Gasteiger partial charge in [0.25, 0.3) is 0 Å². The summed E-state index contributed by atoms with van der Waals surface area (Å²) in [5.41, 5.74) is 0.0220. The summed E-state index contributed by atoms with van der Waals surface area (Å²) in [4.78, 5) is 11.6. The quantitative estimate of drug-likeness (QED) is 0.135. The van der Waals surface area contributed by atoms with E-state index in [1.807, 2.05) is 6.92 Å². The van der Waals surface area contributed by atoms with Gasteiger partial charge in [-0.15, -0.1) is 0 Å². The summed E-state index contributed by atoms with van der Waals surface area (Å²) >= 11 is 1.02. The predicted octanol–water partition coefficient (Wildman–Crippen LogP) is 3.21. The molecule has 0 spiro atoms. The number of rotatable bonds is 7. The number of ether oxygens (including phenoxy) is 2. The maximum atomic E-state index is 13.6. The molecule has 0 saturated heterocycles. The zero-order valence-corrected chi connectivity index (χ0v) is 14.6. The summed E-state index contributed by atoms with van der Waals surface area (Å²) in [5, 5.41) is 0. The Balaban J connectivity index is 1.97. The molecule has 0 aromatic heterocycles. The molecule has 0 atom stereocenters. The maximum absolute atomic E-state index is 13.6. The molecule has 26 heavy (non-hydrogen) atoms. The number of hydrogen-bond acceptors (Lipinski definition) is 5. The Morgan fingerprint density at radius 3 is 2.27 bits per heavy atom. The monoisotopic (exact) mass is 395 g/mol. The summed E-state index contributed by atoms with van der Waals surface area (Å²) in [6.45, 7) is 2.57. The molecule has 0 amide bonds. The fourth-order valence-electron chi connectivity index (χ4n) is 2.00. The van der Waals surface area contributed by atoms with Crippen molar-refractivity contribution in [3.05, 3.63) is 29.1 Å². The van der Waals surface area contributed by atoms with Gasteiger partial charge < -0.3 is 0 Å². The van der Waals surface area contributed by atoms with Gasteiger partial charge in [-0.1, -0.05) is 0 Å². The fourth-order valence-corrected chi connectivity index (χ4v) is 2.81. The van der Waals surface area contributed by atoms with Crippen molar-refractivity contribution in [2.75, 3.05) is 19.7 Å². The molecule has 142 valence electrons. The summed E-state index contributed by atoms with van der Waals surface area (Å²) in [6.07, 6.45) is 3.11. The molecule has 11 heteroatoms. The molecular formula is C15H15BF5NO3S. The first-order valence-electron chi connectivity index (χ1n) is 7.80. The van der Waals surface area contributed by atoms with Crippen LogP contribution in [-0.4, -0.2) is 41.8 Å². The second-order valence-electron chi connectivity index (χ2n) is 5.38. The molecule has 1 aliphatic heterocycles. The Morgan fingerprint density at radius 2 is 1.73 bits per heavy atom. The third-order valence-corrected chi connectivity index (χ3v) is 4.39. The van der Waals surface area contributed by atoms with Crippen molar-refractivity contribution < 1.29 is 36.2 Å². The third kappa shape index (κ3) is 4.97. The number of benzene rings is 1. The number of hydrogen-bond donors (Lipinski definition) is 0. The van der Waals surface area contributed by atoms with Crippen LogP contribution >= 0.6 is 11.8 Å². The van der Waals surface area contributed by atoms with E-state index in [0.717, 1.165) is 24.6 Å². The molecule has 0 bridgehead atoms. The topological polar surface area (TPSA) is 38.8 Å². The van der Waals surface area contributed by atoms with E-state index in [1.165, 1.54) is 6.20 Å². The molecule has 2 rings (SSSR count). The van der Waals surface area contributed by atoms with Crippen LogP contribution in [0.3, 0.4) is 0 Å². The van der Waals surface area contributed by atoms with Gasteiger partial charge in [-0.3, -0.25) is 0 Å². The Labute approximate surface area is 151 Å². The summed E-state index contributed by atoms with van der Waals surface area (Å²) in [5.74, 6) is -12.2. The van der Waals surface area contributed by atoms with Crippen molar-refractivity contribution in [3.8, 4) is 5.75 Å². The molecule has 0 unspecified atom stereocenters. The average molecular weight is 395 g/mol. The zero-order valence-electron chi connectivity index (χ0n) is 13.8. The number of unbranched alkanes of at least 4 members (excludes halogenated alkanes) is 1. The number of carbonyl (C=O) groups excluding carboxylic acids is 1. The summed E-state index contributed by atoms with van der Waals surface area (Å²) in [6, 6.07) is 0. The normalized spacial score (nSPS) is 14.6. The molecule has 0 fully saturated rings. The van der Waals surface area contributed by atoms with Crippen LogP contribution in [0.15, 0.2) is 0 Å². The second kappa shape index (κ2) is 9.36. The molecule has 1 heterocycles. The second-order valence-corrected chi connectivity index (χ2v) is 6.34. The van der Waals surface area contributed by atoms with Crippen LogP contribution in [0.1, 0.15) is 26.2 Å². The Bertz CT molecular complexity index is 690. The van der Waals surface area contributed by atoms with Gasteiger partial charge in [-0.05, 0) is 0 Å². The van der Waals surface area contributed by atoms with Crippen LogP contribution in [0.2, 0.25) is 0 Å². The fraction of sp³-hybridized carbons (Fsp3) is 0.467. The first-order valence-corrected chi connectivity index (χ1v) is 8.64. The Kier molecular flexibility index (Phi) is 7.45. The SMILES string of the molecule is CCCCOC(=O)CN1CCC(Oc2c(F)c(F)c(F)c(F)c2F)=BS1. The van der Waals surface area contributed by atoms with Gasteiger partial charge in [-0.2, -0.15) is 0 Å². The van der Waals surface area contributed by atoms with Crippen molar-refractivity contribution in [2.24, 2.45) is 0 Å². The van der Waals surface area contributed by atoms with E-state index in [2.05, 4.69) is 0 Å². The molecule has 0 aliphatic carbocycles. The molecule has 1 aromatic carbocycles. The molecule has 1 aliphatic rings. The molecule has 4 nitrogen and oxygen atoms in total. The van der Waals surface area contributed by atoms with Gasteiger partial charge in [0.15, 0.2) is 0 Å². The number of halogens is 5. The Hall–Kier alpha value is -1.62. The van der Waals surface area contributed by atoms with Gasteiger partial charge in [-0.25, -0.2) is 0 Å². The van der Waals surface area contributed by atoms with E-state index < -0.39 is 40.8 Å². The van der Waals surface area contributed by atoms with Crippen molar-refractivity contribution in [1.29, 1.82) is 0 Å². The van der Waals surface area contributed by atoms with Crippen molar-refractivity contribution in [3.63, 3.8) is 0 Å². The molecular weight excluding hydrogens is 380 g/mol. The van der Waals surface area contributed by atoms with Crippen LogP contribution in [0, 0.1) is 29.1 Å². The average Bonchev–Trinajstić information content (AvgIpc) is 2.63. The predicted molar refractivity (Wildman–Crippen MR) is 87.3 cm³/mol. The van der Waals surface area contributed by atoms with Gasteiger partial charge in [0.2, 0.25) is 0 Å². The van der Waals surface area contributed by atoms with Gasteiger partial charge in [0, 0.05) is 0 Å². The minimum atomic E-state index is -2.24. The van der Waals surface area contributed by atoms with E-state index in [9.17, 15) is 26.7 Å². The van der Waals surface area contributed by atoms with E-state index >= 15 is 0 Å². The van der Waals surface area contributed by atoms with Gasteiger partial charge >= 0.3 is 151 Å². The van der Waals surface area contributed by atoms with Crippen LogP contribution in [-0.2, 0) is 9.53 Å². The number of nitrogens with zero attached hydrogens (tertiary/aromatic N) is 1. The van der Waals surface area contributed by atoms with E-state index in [0.29, 0.717) is 6.61 Å². The van der Waals surface area contributed by atoms with Crippen molar-refractivity contribution in [1.82, 2.24) is 4.31 Å². The standard InChI is InChI=1S/C15H15BF5NO3S/c1-2-3-6-24-9(23)7-22-5-4-8(16-26-22)25-15-13(20)11(18)10(17)12(19)14(15)21/h2-7H2,1H3. The van der Waals surface area contributed by atoms with Gasteiger partial charge in [0.05, 0.1) is 0 Å². The molecule has 0 saturated carbocycles. The van der Waals surface area contributed by atoms with Crippen LogP contribution in [0.5, 0.6) is 5.75 Å². The zero-order chi connectivity index (χ0) is 19.3. The molecule has 0 radical (unpaired) electrons.